The Balaban J connectivity index is 1.45. The van der Waals surface area contributed by atoms with Gasteiger partial charge in [0.1, 0.15) is 11.8 Å². The molecular formula is C25H28F3N3O5S. The molecule has 12 heteroatoms. The molecule has 0 aliphatic carbocycles. The molecule has 37 heavy (non-hydrogen) atoms. The van der Waals surface area contributed by atoms with Crippen LogP contribution in [0.1, 0.15) is 30.9 Å². The van der Waals surface area contributed by atoms with Crippen LogP contribution >= 0.6 is 0 Å². The molecule has 2 heterocycles. The average Bonchev–Trinajstić information content (AvgIpc) is 3.30. The summed E-state index contributed by atoms with van der Waals surface area (Å²) in [5.41, 5.74) is -0.0871. The van der Waals surface area contributed by atoms with Gasteiger partial charge in [-0.05, 0) is 42.4 Å². The van der Waals surface area contributed by atoms with Gasteiger partial charge in [0.25, 0.3) is 0 Å². The molecule has 2 aliphatic rings. The zero-order chi connectivity index (χ0) is 26.8. The van der Waals surface area contributed by atoms with Crippen molar-refractivity contribution < 1.29 is 35.9 Å². The predicted octanol–water partition coefficient (Wildman–Crippen LogP) is 3.12. The molecule has 0 bridgehead atoms. The van der Waals surface area contributed by atoms with Gasteiger partial charge in [0.2, 0.25) is 15.9 Å². The molecule has 200 valence electrons. The van der Waals surface area contributed by atoms with Crippen molar-refractivity contribution in [2.24, 2.45) is 5.41 Å². The minimum Gasteiger partial charge on any atom is -0.497 e. The van der Waals surface area contributed by atoms with Crippen molar-refractivity contribution in [3.05, 3.63) is 60.2 Å². The molecule has 0 aromatic heterocycles. The monoisotopic (exact) mass is 539 g/mol. The van der Waals surface area contributed by atoms with Crippen molar-refractivity contribution in [1.82, 2.24) is 14.5 Å². The molecule has 2 aromatic carbocycles. The van der Waals surface area contributed by atoms with Gasteiger partial charge < -0.3 is 15.0 Å². The fraction of sp³-hybridized carbons (Fsp3) is 0.440. The summed E-state index contributed by atoms with van der Waals surface area (Å²) in [5, 5.41) is 1.84. The molecule has 4 rings (SSSR count). The summed E-state index contributed by atoms with van der Waals surface area (Å²) in [7, 11) is -2.27. The zero-order valence-corrected chi connectivity index (χ0v) is 21.0. The topological polar surface area (TPSA) is 96.0 Å². The van der Waals surface area contributed by atoms with Crippen LogP contribution in [0.4, 0.5) is 13.2 Å². The molecule has 2 aliphatic heterocycles. The van der Waals surface area contributed by atoms with Crippen LogP contribution in [0.2, 0.25) is 0 Å². The first kappa shape index (κ1) is 26.9. The number of nitrogens with zero attached hydrogens (tertiary/aromatic N) is 2. The van der Waals surface area contributed by atoms with Gasteiger partial charge in [-0.2, -0.15) is 17.5 Å². The molecular weight excluding hydrogens is 511 g/mol. The van der Waals surface area contributed by atoms with Crippen molar-refractivity contribution in [3.63, 3.8) is 0 Å². The molecule has 2 aromatic rings. The van der Waals surface area contributed by atoms with Crippen molar-refractivity contribution in [1.29, 1.82) is 0 Å². The minimum atomic E-state index is -5.12. The van der Waals surface area contributed by atoms with Gasteiger partial charge in [-0.25, -0.2) is 8.42 Å². The molecule has 0 saturated carbocycles. The highest BCUT2D eigenvalue weighted by atomic mass is 32.2. The summed E-state index contributed by atoms with van der Waals surface area (Å²) in [5.74, 6) is -2.36. The van der Waals surface area contributed by atoms with Crippen molar-refractivity contribution >= 4 is 21.8 Å². The number of benzene rings is 2. The number of amides is 2. The lowest BCUT2D eigenvalue weighted by Crippen LogP contribution is -2.48. The fourth-order valence-corrected chi connectivity index (χ4v) is 6.45. The summed E-state index contributed by atoms with van der Waals surface area (Å²) >= 11 is 0. The van der Waals surface area contributed by atoms with E-state index in [1.807, 2.05) is 5.32 Å². The van der Waals surface area contributed by atoms with Crippen LogP contribution in [0.5, 0.6) is 5.75 Å². The highest BCUT2D eigenvalue weighted by Gasteiger charge is 2.47. The smallest absolute Gasteiger partial charge is 0.471 e. The molecule has 0 radical (unpaired) electrons. The maximum absolute atomic E-state index is 13.3. The standard InChI is InChI=1S/C25H28F3N3O5S/c1-36-19-8-5-9-20(16-19)37(34,35)31-14-11-24(12-15-31)10-13-30(17-24)22(32)21(18-6-3-2-4-7-18)29-23(33)25(26,27)28/h2-9,16,21H,10-15,17H2,1H3,(H,29,33). The van der Waals surface area contributed by atoms with Gasteiger partial charge in [-0.15, -0.1) is 0 Å². The summed E-state index contributed by atoms with van der Waals surface area (Å²) in [6, 6.07) is 12.6. The lowest BCUT2D eigenvalue weighted by Gasteiger charge is -2.38. The van der Waals surface area contributed by atoms with Crippen molar-refractivity contribution in [2.75, 3.05) is 33.3 Å². The summed E-state index contributed by atoms with van der Waals surface area (Å²) < 4.78 is 71.7. The number of rotatable bonds is 6. The normalized spacial score (nSPS) is 19.0. The second-order valence-corrected chi connectivity index (χ2v) is 11.3. The fourth-order valence-electron chi connectivity index (χ4n) is 4.97. The van der Waals surface area contributed by atoms with Gasteiger partial charge in [0.15, 0.2) is 0 Å². The molecule has 2 fully saturated rings. The van der Waals surface area contributed by atoms with Crippen LogP contribution < -0.4 is 10.1 Å². The Morgan fingerprint density at radius 2 is 1.65 bits per heavy atom. The van der Waals surface area contributed by atoms with Crippen LogP contribution in [0.3, 0.4) is 0 Å². The number of likely N-dealkylation sites (tertiary alicyclic amines) is 1. The first-order valence-corrected chi connectivity index (χ1v) is 13.2. The van der Waals surface area contributed by atoms with Crippen LogP contribution in [0.25, 0.3) is 0 Å². The number of nitrogens with one attached hydrogen (secondary N) is 1. The van der Waals surface area contributed by atoms with E-state index in [0.29, 0.717) is 31.6 Å². The molecule has 1 unspecified atom stereocenters. The first-order chi connectivity index (χ1) is 17.4. The Kier molecular flexibility index (Phi) is 7.52. The number of methoxy groups -OCH3 is 1. The van der Waals surface area contributed by atoms with E-state index in [-0.39, 0.29) is 35.5 Å². The van der Waals surface area contributed by atoms with Gasteiger partial charge in [-0.1, -0.05) is 36.4 Å². The highest BCUT2D eigenvalue weighted by Crippen LogP contribution is 2.42. The number of carbonyl (C=O) groups excluding carboxylic acids is 2. The van der Waals surface area contributed by atoms with Crippen LogP contribution in [0.15, 0.2) is 59.5 Å². The third-order valence-corrected chi connectivity index (χ3v) is 9.02. The molecule has 1 N–H and O–H groups in total. The quantitative estimate of drug-likeness (QED) is 0.609. The number of halogens is 3. The average molecular weight is 540 g/mol. The molecule has 8 nitrogen and oxygen atoms in total. The number of hydrogen-bond donors (Lipinski definition) is 1. The Bertz CT molecular complexity index is 1250. The van der Waals surface area contributed by atoms with Gasteiger partial charge >= 0.3 is 12.1 Å². The predicted molar refractivity (Wildman–Crippen MR) is 128 cm³/mol. The number of sulfonamides is 1. The van der Waals surface area contributed by atoms with E-state index >= 15 is 0 Å². The Morgan fingerprint density at radius 3 is 2.27 bits per heavy atom. The number of carbonyl (C=O) groups is 2. The Morgan fingerprint density at radius 1 is 1.00 bits per heavy atom. The number of ether oxygens (including phenoxy) is 1. The summed E-state index contributed by atoms with van der Waals surface area (Å²) in [4.78, 5) is 26.6. The van der Waals surface area contributed by atoms with E-state index in [4.69, 9.17) is 4.74 Å². The van der Waals surface area contributed by atoms with E-state index in [9.17, 15) is 31.2 Å². The second kappa shape index (κ2) is 10.3. The SMILES string of the molecule is COc1cccc(S(=O)(=O)N2CCC3(CCN(C(=O)C(NC(=O)C(F)(F)F)c4ccccc4)C3)CC2)c1. The van der Waals surface area contributed by atoms with Gasteiger partial charge in [0.05, 0.1) is 12.0 Å². The largest absolute Gasteiger partial charge is 0.497 e. The molecule has 1 spiro atoms. The summed E-state index contributed by atoms with van der Waals surface area (Å²) in [6.07, 6.45) is -3.52. The molecule has 2 amide bonds. The van der Waals surface area contributed by atoms with Crippen molar-refractivity contribution in [3.8, 4) is 5.75 Å². The summed E-state index contributed by atoms with van der Waals surface area (Å²) in [6.45, 7) is 1.11. The van der Waals surface area contributed by atoms with Crippen molar-refractivity contribution in [2.45, 2.75) is 36.4 Å². The highest BCUT2D eigenvalue weighted by molar-refractivity contribution is 7.89. The first-order valence-electron chi connectivity index (χ1n) is 11.8. The lowest BCUT2D eigenvalue weighted by atomic mass is 9.78. The third-order valence-electron chi connectivity index (χ3n) is 7.12. The Hall–Kier alpha value is -3.12. The zero-order valence-electron chi connectivity index (χ0n) is 20.2. The number of hydrogen-bond acceptors (Lipinski definition) is 5. The molecule has 2 saturated heterocycles. The van der Waals surface area contributed by atoms with Crippen LogP contribution in [-0.4, -0.2) is 68.9 Å². The van der Waals surface area contributed by atoms with Gasteiger partial charge in [-0.3, -0.25) is 9.59 Å². The van der Waals surface area contributed by atoms with Crippen LogP contribution in [-0.2, 0) is 19.6 Å². The number of piperidine rings is 1. The van der Waals surface area contributed by atoms with E-state index in [1.54, 1.807) is 30.3 Å². The second-order valence-electron chi connectivity index (χ2n) is 9.41. The number of alkyl halides is 3. The maximum atomic E-state index is 13.3. The van der Waals surface area contributed by atoms with Crippen LogP contribution in [0, 0.1) is 5.41 Å². The van der Waals surface area contributed by atoms with E-state index in [1.165, 1.54) is 40.6 Å². The van der Waals surface area contributed by atoms with E-state index < -0.39 is 34.1 Å². The maximum Gasteiger partial charge on any atom is 0.471 e. The Labute approximate surface area is 213 Å². The van der Waals surface area contributed by atoms with E-state index in [0.717, 1.165) is 0 Å². The third kappa shape index (κ3) is 5.74. The lowest BCUT2D eigenvalue weighted by molar-refractivity contribution is -0.175. The van der Waals surface area contributed by atoms with Gasteiger partial charge in [0, 0.05) is 32.2 Å². The van der Waals surface area contributed by atoms with E-state index in [2.05, 4.69) is 0 Å². The molecule has 1 atom stereocenters. The minimum absolute atomic E-state index is 0.136.